The standard InChI is InChI=1S/C16H27N3OS/c1-16(2,3)18-15(20)17-11-13-6-8-19(9-7-13)12-14-5-4-10-21-14/h4-5,10,13H,6-9,11-12H2,1-3H3,(H2,17,18,20). The van der Waals surface area contributed by atoms with Crippen LogP contribution >= 0.6 is 11.3 Å². The van der Waals surface area contributed by atoms with E-state index >= 15 is 0 Å². The average molecular weight is 309 g/mol. The van der Waals surface area contributed by atoms with Gasteiger partial charge in [0.05, 0.1) is 0 Å². The lowest BCUT2D eigenvalue weighted by Gasteiger charge is -2.32. The Labute approximate surface area is 131 Å². The number of piperidine rings is 1. The molecule has 1 saturated heterocycles. The minimum Gasteiger partial charge on any atom is -0.338 e. The second-order valence-corrected chi connectivity index (χ2v) is 7.92. The van der Waals surface area contributed by atoms with Gasteiger partial charge in [0.2, 0.25) is 0 Å². The van der Waals surface area contributed by atoms with Crippen LogP contribution in [0.15, 0.2) is 17.5 Å². The number of nitrogens with zero attached hydrogens (tertiary/aromatic N) is 1. The van der Waals surface area contributed by atoms with Crippen molar-refractivity contribution in [3.05, 3.63) is 22.4 Å². The van der Waals surface area contributed by atoms with E-state index in [1.807, 2.05) is 32.1 Å². The smallest absolute Gasteiger partial charge is 0.315 e. The first-order valence-electron chi connectivity index (χ1n) is 7.73. The number of nitrogens with one attached hydrogen (secondary N) is 2. The molecule has 1 aromatic heterocycles. The number of hydrogen-bond acceptors (Lipinski definition) is 3. The van der Waals surface area contributed by atoms with Gasteiger partial charge in [-0.2, -0.15) is 0 Å². The molecule has 1 aromatic rings. The summed E-state index contributed by atoms with van der Waals surface area (Å²) in [6, 6.07) is 4.27. The maximum atomic E-state index is 11.7. The van der Waals surface area contributed by atoms with Gasteiger partial charge in [0.15, 0.2) is 0 Å². The first-order chi connectivity index (χ1) is 9.92. The van der Waals surface area contributed by atoms with Gasteiger partial charge >= 0.3 is 6.03 Å². The van der Waals surface area contributed by atoms with Gasteiger partial charge in [-0.05, 0) is 64.1 Å². The molecule has 2 N–H and O–H groups in total. The van der Waals surface area contributed by atoms with Gasteiger partial charge in [0, 0.05) is 23.5 Å². The molecular formula is C16H27N3OS. The number of urea groups is 1. The van der Waals surface area contributed by atoms with Crippen molar-refractivity contribution in [1.82, 2.24) is 15.5 Å². The number of likely N-dealkylation sites (tertiary alicyclic amines) is 1. The predicted octanol–water partition coefficient (Wildman–Crippen LogP) is 3.06. The number of amides is 2. The molecular weight excluding hydrogens is 282 g/mol. The Balaban J connectivity index is 1.64. The van der Waals surface area contributed by atoms with E-state index in [0.29, 0.717) is 5.92 Å². The van der Waals surface area contributed by atoms with Gasteiger partial charge in [-0.1, -0.05) is 6.07 Å². The molecule has 0 spiro atoms. The minimum atomic E-state index is -0.172. The van der Waals surface area contributed by atoms with Gasteiger partial charge in [-0.15, -0.1) is 11.3 Å². The zero-order chi connectivity index (χ0) is 15.3. The van der Waals surface area contributed by atoms with Crippen molar-refractivity contribution in [2.45, 2.75) is 45.7 Å². The molecule has 5 heteroatoms. The summed E-state index contributed by atoms with van der Waals surface area (Å²) in [5.74, 6) is 0.607. The van der Waals surface area contributed by atoms with Gasteiger partial charge in [-0.25, -0.2) is 4.79 Å². The van der Waals surface area contributed by atoms with E-state index in [1.165, 1.54) is 17.7 Å². The van der Waals surface area contributed by atoms with E-state index in [9.17, 15) is 4.79 Å². The zero-order valence-corrected chi connectivity index (χ0v) is 14.1. The highest BCUT2D eigenvalue weighted by atomic mass is 32.1. The maximum Gasteiger partial charge on any atom is 0.315 e. The summed E-state index contributed by atoms with van der Waals surface area (Å²) in [4.78, 5) is 15.7. The topological polar surface area (TPSA) is 44.4 Å². The third-order valence-corrected chi connectivity index (χ3v) is 4.57. The normalized spacial score (nSPS) is 17.7. The zero-order valence-electron chi connectivity index (χ0n) is 13.3. The van der Waals surface area contributed by atoms with Crippen LogP contribution in [0, 0.1) is 5.92 Å². The molecule has 0 bridgehead atoms. The Morgan fingerprint density at radius 2 is 2.10 bits per heavy atom. The number of hydrogen-bond donors (Lipinski definition) is 2. The average Bonchev–Trinajstić information content (AvgIpc) is 2.89. The number of thiophene rings is 1. The third kappa shape index (κ3) is 6.06. The number of carbonyl (C=O) groups excluding carboxylic acids is 1. The molecule has 2 rings (SSSR count). The van der Waals surface area contributed by atoms with Crippen LogP contribution in [0.2, 0.25) is 0 Å². The van der Waals surface area contributed by atoms with Gasteiger partial charge < -0.3 is 10.6 Å². The number of carbonyl (C=O) groups is 1. The van der Waals surface area contributed by atoms with Crippen LogP contribution in [-0.2, 0) is 6.54 Å². The summed E-state index contributed by atoms with van der Waals surface area (Å²) < 4.78 is 0. The van der Waals surface area contributed by atoms with Crippen molar-refractivity contribution in [3.63, 3.8) is 0 Å². The fourth-order valence-corrected chi connectivity index (χ4v) is 3.34. The van der Waals surface area contributed by atoms with E-state index < -0.39 is 0 Å². The minimum absolute atomic E-state index is 0.0523. The van der Waals surface area contributed by atoms with E-state index in [-0.39, 0.29) is 11.6 Å². The maximum absolute atomic E-state index is 11.7. The second kappa shape index (κ2) is 7.27. The first kappa shape index (κ1) is 16.3. The molecule has 118 valence electrons. The highest BCUT2D eigenvalue weighted by molar-refractivity contribution is 7.09. The SMILES string of the molecule is CC(C)(C)NC(=O)NCC1CCN(Cc2cccs2)CC1. The molecule has 0 aliphatic carbocycles. The van der Waals surface area contributed by atoms with Crippen LogP contribution < -0.4 is 10.6 Å². The van der Waals surface area contributed by atoms with E-state index in [1.54, 1.807) is 0 Å². The van der Waals surface area contributed by atoms with E-state index in [4.69, 9.17) is 0 Å². The summed E-state index contributed by atoms with van der Waals surface area (Å²) >= 11 is 1.83. The molecule has 2 heterocycles. The Morgan fingerprint density at radius 3 is 2.67 bits per heavy atom. The summed E-state index contributed by atoms with van der Waals surface area (Å²) in [7, 11) is 0. The van der Waals surface area contributed by atoms with Crippen molar-refractivity contribution >= 4 is 17.4 Å². The highest BCUT2D eigenvalue weighted by Gasteiger charge is 2.20. The van der Waals surface area contributed by atoms with E-state index in [0.717, 1.165) is 26.2 Å². The molecule has 1 aliphatic heterocycles. The molecule has 0 unspecified atom stereocenters. The predicted molar refractivity (Wildman–Crippen MR) is 88.6 cm³/mol. The molecule has 2 amide bonds. The van der Waals surface area contributed by atoms with Crippen molar-refractivity contribution in [1.29, 1.82) is 0 Å². The second-order valence-electron chi connectivity index (χ2n) is 6.88. The molecule has 4 nitrogen and oxygen atoms in total. The van der Waals surface area contributed by atoms with Crippen molar-refractivity contribution < 1.29 is 4.79 Å². The van der Waals surface area contributed by atoms with Crippen LogP contribution in [0.1, 0.15) is 38.5 Å². The fourth-order valence-electron chi connectivity index (χ4n) is 2.59. The van der Waals surface area contributed by atoms with Gasteiger partial charge in [-0.3, -0.25) is 4.90 Å². The molecule has 21 heavy (non-hydrogen) atoms. The van der Waals surface area contributed by atoms with Crippen LogP contribution in [0.3, 0.4) is 0 Å². The molecule has 1 fully saturated rings. The molecule has 0 aromatic carbocycles. The molecule has 1 aliphatic rings. The first-order valence-corrected chi connectivity index (χ1v) is 8.61. The Bertz CT molecular complexity index is 431. The molecule has 0 radical (unpaired) electrons. The van der Waals surface area contributed by atoms with Crippen molar-refractivity contribution in [2.24, 2.45) is 5.92 Å². The van der Waals surface area contributed by atoms with Gasteiger partial charge in [0.1, 0.15) is 0 Å². The quantitative estimate of drug-likeness (QED) is 0.898. The molecule has 0 saturated carbocycles. The van der Waals surface area contributed by atoms with Crippen molar-refractivity contribution in [3.8, 4) is 0 Å². The summed E-state index contributed by atoms with van der Waals surface area (Å²) in [6.07, 6.45) is 2.34. The number of rotatable bonds is 4. The summed E-state index contributed by atoms with van der Waals surface area (Å²) in [5.41, 5.74) is -0.172. The lowest BCUT2D eigenvalue weighted by molar-refractivity contribution is 0.175. The van der Waals surface area contributed by atoms with Crippen LogP contribution in [0.4, 0.5) is 4.79 Å². The van der Waals surface area contributed by atoms with Gasteiger partial charge in [0.25, 0.3) is 0 Å². The fraction of sp³-hybridized carbons (Fsp3) is 0.688. The third-order valence-electron chi connectivity index (χ3n) is 3.71. The lowest BCUT2D eigenvalue weighted by atomic mass is 9.97. The van der Waals surface area contributed by atoms with Crippen LogP contribution in [0.25, 0.3) is 0 Å². The largest absolute Gasteiger partial charge is 0.338 e. The Kier molecular flexibility index (Phi) is 5.65. The lowest BCUT2D eigenvalue weighted by Crippen LogP contribution is -2.48. The Morgan fingerprint density at radius 1 is 1.38 bits per heavy atom. The monoisotopic (exact) mass is 309 g/mol. The summed E-state index contributed by atoms with van der Waals surface area (Å²) in [6.45, 7) is 10.1. The highest BCUT2D eigenvalue weighted by Crippen LogP contribution is 2.20. The van der Waals surface area contributed by atoms with E-state index in [2.05, 4.69) is 33.0 Å². The summed E-state index contributed by atoms with van der Waals surface area (Å²) in [5, 5.41) is 8.08. The van der Waals surface area contributed by atoms with Crippen LogP contribution in [-0.4, -0.2) is 36.1 Å². The van der Waals surface area contributed by atoms with Crippen LogP contribution in [0.5, 0.6) is 0 Å². The molecule has 0 atom stereocenters. The van der Waals surface area contributed by atoms with Crippen molar-refractivity contribution in [2.75, 3.05) is 19.6 Å². The Hall–Kier alpha value is -1.07.